The summed E-state index contributed by atoms with van der Waals surface area (Å²) in [7, 11) is 0. The Kier molecular flexibility index (Phi) is 8.63. The monoisotopic (exact) mass is 384 g/mol. The highest BCUT2D eigenvalue weighted by Crippen LogP contribution is 2.29. The summed E-state index contributed by atoms with van der Waals surface area (Å²) in [4.78, 5) is 24.1. The van der Waals surface area contributed by atoms with E-state index in [1.807, 2.05) is 0 Å². The summed E-state index contributed by atoms with van der Waals surface area (Å²) >= 11 is 1.04. The highest BCUT2D eigenvalue weighted by Gasteiger charge is 2.33. The Hall–Kier alpha value is -1.09. The lowest BCUT2D eigenvalue weighted by Gasteiger charge is -2.29. The van der Waals surface area contributed by atoms with Crippen LogP contribution in [0.25, 0.3) is 0 Å². The zero-order valence-corrected chi connectivity index (χ0v) is 16.0. The summed E-state index contributed by atoms with van der Waals surface area (Å²) in [5.74, 6) is -1.15. The minimum atomic E-state index is -4.22. The Bertz CT molecular complexity index is 503. The number of halogens is 3. The maximum Gasteiger partial charge on any atom is 0.389 e. The number of imide groups is 1. The molecule has 2 amide bonds. The molecule has 5 nitrogen and oxygen atoms in total. The Morgan fingerprint density at radius 1 is 1.20 bits per heavy atom. The van der Waals surface area contributed by atoms with Gasteiger partial charge in [-0.3, -0.25) is 14.9 Å². The average Bonchev–Trinajstić information content (AvgIpc) is 2.42. The molecule has 146 valence electrons. The second-order valence-corrected chi connectivity index (χ2v) is 8.73. The van der Waals surface area contributed by atoms with E-state index >= 15 is 0 Å². The predicted octanol–water partition coefficient (Wildman–Crippen LogP) is 3.30. The fourth-order valence-corrected chi connectivity index (χ4v) is 2.61. The van der Waals surface area contributed by atoms with Crippen molar-refractivity contribution < 1.29 is 27.9 Å². The smallest absolute Gasteiger partial charge is 0.389 e. The molecule has 0 rings (SSSR count). The van der Waals surface area contributed by atoms with E-state index in [4.69, 9.17) is 5.41 Å². The zero-order chi connectivity index (χ0) is 20.1. The van der Waals surface area contributed by atoms with Crippen molar-refractivity contribution in [3.63, 3.8) is 0 Å². The zero-order valence-electron chi connectivity index (χ0n) is 15.2. The molecule has 0 spiro atoms. The third-order valence-electron chi connectivity index (χ3n) is 4.03. The van der Waals surface area contributed by atoms with Crippen LogP contribution >= 0.6 is 11.8 Å². The molecule has 25 heavy (non-hydrogen) atoms. The molecule has 0 radical (unpaired) electrons. The van der Waals surface area contributed by atoms with Crippen LogP contribution in [0.2, 0.25) is 0 Å². The van der Waals surface area contributed by atoms with E-state index in [-0.39, 0.29) is 24.3 Å². The standard InChI is InChI=1S/C16H27F3N2O3S/c1-10(22)14(2,3)11(20)9-12(23)21-13(24)15(4,5)25-8-6-7-16(17,18)19/h10,20,22H,6-9H2,1-5H3,(H,21,23,24). The maximum atomic E-state index is 12.1. The van der Waals surface area contributed by atoms with Crippen LogP contribution in [-0.2, 0) is 9.59 Å². The van der Waals surface area contributed by atoms with Crippen LogP contribution < -0.4 is 5.32 Å². The molecule has 0 saturated heterocycles. The van der Waals surface area contributed by atoms with Gasteiger partial charge in [-0.05, 0) is 32.9 Å². The second-order valence-electron chi connectivity index (χ2n) is 7.01. The fraction of sp³-hybridized carbons (Fsp3) is 0.812. The van der Waals surface area contributed by atoms with E-state index in [9.17, 15) is 27.9 Å². The Labute approximate surface area is 150 Å². The molecular weight excluding hydrogens is 357 g/mol. The highest BCUT2D eigenvalue weighted by molar-refractivity contribution is 8.01. The van der Waals surface area contributed by atoms with E-state index in [0.29, 0.717) is 0 Å². The van der Waals surface area contributed by atoms with Gasteiger partial charge in [-0.15, -0.1) is 11.8 Å². The van der Waals surface area contributed by atoms with Gasteiger partial charge in [0.15, 0.2) is 0 Å². The molecule has 1 unspecified atom stereocenters. The first kappa shape index (κ1) is 23.9. The van der Waals surface area contributed by atoms with E-state index in [1.165, 1.54) is 20.8 Å². The summed E-state index contributed by atoms with van der Waals surface area (Å²) in [5, 5.41) is 19.7. The molecule has 3 N–H and O–H groups in total. The largest absolute Gasteiger partial charge is 0.392 e. The van der Waals surface area contributed by atoms with Crippen molar-refractivity contribution in [1.82, 2.24) is 5.32 Å². The van der Waals surface area contributed by atoms with Crippen molar-refractivity contribution in [1.29, 1.82) is 5.41 Å². The van der Waals surface area contributed by atoms with Gasteiger partial charge < -0.3 is 10.5 Å². The number of hydrogen-bond donors (Lipinski definition) is 3. The molecule has 0 saturated carbocycles. The number of alkyl halides is 3. The molecule has 0 aliphatic rings. The minimum Gasteiger partial charge on any atom is -0.392 e. The molecular formula is C16H27F3N2O3S. The van der Waals surface area contributed by atoms with Crippen molar-refractivity contribution in [3.8, 4) is 0 Å². The lowest BCUT2D eigenvalue weighted by atomic mass is 9.81. The molecule has 0 aromatic carbocycles. The van der Waals surface area contributed by atoms with Gasteiger partial charge >= 0.3 is 6.18 Å². The number of thioether (sulfide) groups is 1. The highest BCUT2D eigenvalue weighted by atomic mass is 32.2. The first-order valence-electron chi connectivity index (χ1n) is 7.90. The number of nitrogens with one attached hydrogen (secondary N) is 2. The summed E-state index contributed by atoms with van der Waals surface area (Å²) < 4.78 is 35.3. The number of hydrogen-bond acceptors (Lipinski definition) is 5. The van der Waals surface area contributed by atoms with Crippen LogP contribution in [0.5, 0.6) is 0 Å². The van der Waals surface area contributed by atoms with Crippen LogP contribution in [0, 0.1) is 10.8 Å². The fourth-order valence-electron chi connectivity index (χ4n) is 1.63. The first-order valence-corrected chi connectivity index (χ1v) is 8.89. The quantitative estimate of drug-likeness (QED) is 0.420. The van der Waals surface area contributed by atoms with Crippen molar-refractivity contribution in [2.45, 2.75) is 70.9 Å². The second kappa shape index (κ2) is 9.02. The van der Waals surface area contributed by atoms with Crippen molar-refractivity contribution in [3.05, 3.63) is 0 Å². The van der Waals surface area contributed by atoms with Gasteiger partial charge in [-0.25, -0.2) is 0 Å². The number of carbonyl (C=O) groups excluding carboxylic acids is 2. The third kappa shape index (κ3) is 8.71. The summed E-state index contributed by atoms with van der Waals surface area (Å²) in [6.07, 6.45) is -6.41. The Balaban J connectivity index is 4.50. The molecule has 0 fully saturated rings. The average molecular weight is 384 g/mol. The minimum absolute atomic E-state index is 0.0107. The van der Waals surface area contributed by atoms with Crippen LogP contribution in [0.1, 0.15) is 53.9 Å². The molecule has 0 aliphatic carbocycles. The summed E-state index contributed by atoms with van der Waals surface area (Å²) in [6.45, 7) is 7.81. The topological polar surface area (TPSA) is 90.2 Å². The molecule has 0 aromatic heterocycles. The van der Waals surface area contributed by atoms with Gasteiger partial charge in [0.05, 0.1) is 17.3 Å². The van der Waals surface area contributed by atoms with E-state index < -0.39 is 40.7 Å². The van der Waals surface area contributed by atoms with Crippen molar-refractivity contribution in [2.75, 3.05) is 5.75 Å². The molecule has 1 atom stereocenters. The van der Waals surface area contributed by atoms with Gasteiger partial charge in [0.2, 0.25) is 11.8 Å². The molecule has 0 bridgehead atoms. The first-order chi connectivity index (χ1) is 11.1. The number of rotatable bonds is 9. The van der Waals surface area contributed by atoms with Gasteiger partial charge in [0, 0.05) is 17.5 Å². The number of aliphatic hydroxyl groups excluding tert-OH is 1. The summed E-state index contributed by atoms with van der Waals surface area (Å²) in [5.41, 5.74) is -0.911. The van der Waals surface area contributed by atoms with Crippen molar-refractivity contribution >= 4 is 29.3 Å². The molecule has 0 aromatic rings. The number of amides is 2. The SMILES string of the molecule is CC(O)C(C)(C)C(=N)CC(=O)NC(=O)C(C)(C)SCCCC(F)(F)F. The Morgan fingerprint density at radius 2 is 1.72 bits per heavy atom. The van der Waals surface area contributed by atoms with Crippen LogP contribution in [0.3, 0.4) is 0 Å². The van der Waals surface area contributed by atoms with Gasteiger partial charge in [-0.1, -0.05) is 13.8 Å². The van der Waals surface area contributed by atoms with Crippen LogP contribution in [0.15, 0.2) is 0 Å². The van der Waals surface area contributed by atoms with E-state index in [1.54, 1.807) is 13.8 Å². The van der Waals surface area contributed by atoms with Gasteiger partial charge in [0.1, 0.15) is 0 Å². The molecule has 0 heterocycles. The lowest BCUT2D eigenvalue weighted by Crippen LogP contribution is -2.45. The van der Waals surface area contributed by atoms with E-state index in [2.05, 4.69) is 5.32 Å². The van der Waals surface area contributed by atoms with Gasteiger partial charge in [0.25, 0.3) is 0 Å². The molecule has 0 aliphatic heterocycles. The van der Waals surface area contributed by atoms with Gasteiger partial charge in [-0.2, -0.15) is 13.2 Å². The van der Waals surface area contributed by atoms with Crippen LogP contribution in [-0.4, -0.2) is 45.4 Å². The van der Waals surface area contributed by atoms with E-state index in [0.717, 1.165) is 11.8 Å². The predicted molar refractivity (Wildman–Crippen MR) is 92.8 cm³/mol. The lowest BCUT2D eigenvalue weighted by molar-refractivity contribution is -0.134. The summed E-state index contributed by atoms with van der Waals surface area (Å²) in [6, 6.07) is 0. The number of carbonyl (C=O) groups is 2. The van der Waals surface area contributed by atoms with Crippen molar-refractivity contribution in [2.24, 2.45) is 5.41 Å². The normalized spacial score (nSPS) is 14.1. The third-order valence-corrected chi connectivity index (χ3v) is 5.43. The molecule has 9 heteroatoms. The number of aliphatic hydroxyl groups is 1. The van der Waals surface area contributed by atoms with Crippen LogP contribution in [0.4, 0.5) is 13.2 Å². The Morgan fingerprint density at radius 3 is 2.16 bits per heavy atom. The maximum absolute atomic E-state index is 12.1.